The fourth-order valence-electron chi connectivity index (χ4n) is 1.54. The highest BCUT2D eigenvalue weighted by atomic mass is 79.9. The molecule has 1 aromatic carbocycles. The van der Waals surface area contributed by atoms with Crippen LogP contribution in [0, 0.1) is 0 Å². The molecule has 0 saturated carbocycles. The lowest BCUT2D eigenvalue weighted by Gasteiger charge is -2.02. The molecule has 1 heterocycles. The van der Waals surface area contributed by atoms with Gasteiger partial charge in [-0.15, -0.1) is 0 Å². The van der Waals surface area contributed by atoms with E-state index in [0.29, 0.717) is 11.3 Å². The molecule has 2 rings (SSSR count). The lowest BCUT2D eigenvalue weighted by atomic mass is 10.2. The molecule has 0 unspecified atom stereocenters. The first-order valence-corrected chi connectivity index (χ1v) is 7.13. The Hall–Kier alpha value is -1.01. The first-order valence-electron chi connectivity index (χ1n) is 4.48. The van der Waals surface area contributed by atoms with Crippen molar-refractivity contribution in [2.75, 3.05) is 13.4 Å². The Kier molecular flexibility index (Phi) is 2.71. The van der Waals surface area contributed by atoms with Gasteiger partial charge in [-0.1, -0.05) is 0 Å². The van der Waals surface area contributed by atoms with Crippen molar-refractivity contribution in [3.63, 3.8) is 0 Å². The number of methoxy groups -OCH3 is 1. The number of hydrogen-bond donors (Lipinski definition) is 0. The molecule has 2 aromatic rings. The van der Waals surface area contributed by atoms with Crippen LogP contribution in [0.25, 0.3) is 10.9 Å². The van der Waals surface area contributed by atoms with Crippen LogP contribution in [0.2, 0.25) is 0 Å². The summed E-state index contributed by atoms with van der Waals surface area (Å²) in [4.78, 5) is 0. The molecule has 0 spiro atoms. The van der Waals surface area contributed by atoms with E-state index >= 15 is 0 Å². The summed E-state index contributed by atoms with van der Waals surface area (Å²) in [5, 5.41) is 0.810. The minimum absolute atomic E-state index is 0.634. The van der Waals surface area contributed by atoms with Gasteiger partial charge in [-0.05, 0) is 34.1 Å². The molecule has 0 radical (unpaired) electrons. The van der Waals surface area contributed by atoms with Gasteiger partial charge in [0.1, 0.15) is 5.75 Å². The lowest BCUT2D eigenvalue weighted by molar-refractivity contribution is 0.415. The number of nitrogens with zero attached hydrogens (tertiary/aromatic N) is 1. The zero-order valence-electron chi connectivity index (χ0n) is 8.77. The van der Waals surface area contributed by atoms with Gasteiger partial charge in [-0.25, -0.2) is 12.4 Å². The van der Waals surface area contributed by atoms with E-state index < -0.39 is 10.0 Å². The van der Waals surface area contributed by atoms with Crippen LogP contribution in [-0.4, -0.2) is 25.8 Å². The van der Waals surface area contributed by atoms with Crippen molar-refractivity contribution in [1.29, 1.82) is 0 Å². The zero-order valence-corrected chi connectivity index (χ0v) is 11.2. The van der Waals surface area contributed by atoms with Crippen LogP contribution in [0.1, 0.15) is 0 Å². The molecule has 0 fully saturated rings. The monoisotopic (exact) mass is 303 g/mol. The normalized spacial score (nSPS) is 11.9. The maximum atomic E-state index is 11.5. The lowest BCUT2D eigenvalue weighted by Crippen LogP contribution is -2.07. The molecule has 0 aliphatic rings. The van der Waals surface area contributed by atoms with E-state index in [1.54, 1.807) is 31.5 Å². The Labute approximate surface area is 102 Å². The maximum Gasteiger partial charge on any atom is 0.236 e. The van der Waals surface area contributed by atoms with Crippen molar-refractivity contribution in [1.82, 2.24) is 3.97 Å². The van der Waals surface area contributed by atoms with Crippen molar-refractivity contribution in [2.24, 2.45) is 0 Å². The van der Waals surface area contributed by atoms with Crippen LogP contribution in [0.15, 0.2) is 28.9 Å². The minimum Gasteiger partial charge on any atom is -0.497 e. The maximum absolute atomic E-state index is 11.5. The van der Waals surface area contributed by atoms with Gasteiger partial charge in [-0.2, -0.15) is 0 Å². The topological polar surface area (TPSA) is 48.3 Å². The number of ether oxygens (including phenoxy) is 1. The Morgan fingerprint density at radius 3 is 2.62 bits per heavy atom. The second-order valence-corrected chi connectivity index (χ2v) is 6.13. The van der Waals surface area contributed by atoms with E-state index in [2.05, 4.69) is 15.9 Å². The molecule has 0 bridgehead atoms. The van der Waals surface area contributed by atoms with Gasteiger partial charge in [0.05, 0.1) is 18.9 Å². The molecule has 0 aliphatic carbocycles. The summed E-state index contributed by atoms with van der Waals surface area (Å²) in [7, 11) is -1.71. The summed E-state index contributed by atoms with van der Waals surface area (Å²) in [6, 6.07) is 5.25. The number of rotatable bonds is 2. The van der Waals surface area contributed by atoms with Gasteiger partial charge in [0.25, 0.3) is 0 Å². The Bertz CT molecular complexity index is 645. The minimum atomic E-state index is -3.28. The molecule has 4 nitrogen and oxygen atoms in total. The average Bonchev–Trinajstić information content (AvgIpc) is 2.55. The van der Waals surface area contributed by atoms with Gasteiger partial charge < -0.3 is 4.74 Å². The highest BCUT2D eigenvalue weighted by Crippen LogP contribution is 2.30. The molecule has 16 heavy (non-hydrogen) atoms. The Balaban J connectivity index is 2.82. The van der Waals surface area contributed by atoms with E-state index in [9.17, 15) is 8.42 Å². The quantitative estimate of drug-likeness (QED) is 0.855. The largest absolute Gasteiger partial charge is 0.497 e. The van der Waals surface area contributed by atoms with Crippen LogP contribution in [0.4, 0.5) is 0 Å². The van der Waals surface area contributed by atoms with Crippen molar-refractivity contribution in [3.8, 4) is 5.75 Å². The van der Waals surface area contributed by atoms with Crippen LogP contribution < -0.4 is 4.74 Å². The molecule has 1 aromatic heterocycles. The summed E-state index contributed by atoms with van der Waals surface area (Å²) in [6.45, 7) is 0. The van der Waals surface area contributed by atoms with Crippen molar-refractivity contribution >= 4 is 36.9 Å². The molecule has 0 aliphatic heterocycles. The van der Waals surface area contributed by atoms with Crippen LogP contribution in [0.5, 0.6) is 5.75 Å². The Morgan fingerprint density at radius 1 is 1.38 bits per heavy atom. The fourth-order valence-corrected chi connectivity index (χ4v) is 3.01. The molecule has 0 amide bonds. The SMILES string of the molecule is COc1ccc2c(c1)c(Br)cn2S(C)(=O)=O. The average molecular weight is 304 g/mol. The summed E-state index contributed by atoms with van der Waals surface area (Å²) < 4.78 is 30.1. The van der Waals surface area contributed by atoms with E-state index in [1.807, 2.05) is 0 Å². The van der Waals surface area contributed by atoms with Gasteiger partial charge in [0, 0.05) is 16.1 Å². The van der Waals surface area contributed by atoms with Crippen molar-refractivity contribution in [2.45, 2.75) is 0 Å². The Morgan fingerprint density at radius 2 is 2.06 bits per heavy atom. The molecule has 0 saturated heterocycles. The molecule has 6 heteroatoms. The van der Waals surface area contributed by atoms with Crippen LogP contribution in [0.3, 0.4) is 0 Å². The zero-order chi connectivity index (χ0) is 11.9. The first-order chi connectivity index (χ1) is 7.43. The van der Waals surface area contributed by atoms with Gasteiger partial charge >= 0.3 is 0 Å². The standard InChI is InChI=1S/C10H10BrNO3S/c1-15-7-3-4-10-8(5-7)9(11)6-12(10)16(2,13)14/h3-6H,1-2H3. The second kappa shape index (κ2) is 3.78. The number of fused-ring (bicyclic) bond motifs is 1. The number of benzene rings is 1. The third-order valence-electron chi connectivity index (χ3n) is 2.29. The summed E-state index contributed by atoms with van der Waals surface area (Å²) in [6.07, 6.45) is 2.71. The van der Waals surface area contributed by atoms with E-state index in [4.69, 9.17) is 4.74 Å². The van der Waals surface area contributed by atoms with Crippen molar-refractivity contribution in [3.05, 3.63) is 28.9 Å². The predicted molar refractivity (Wildman–Crippen MR) is 66.4 cm³/mol. The molecule has 0 atom stereocenters. The van der Waals surface area contributed by atoms with E-state index in [1.165, 1.54) is 10.2 Å². The van der Waals surface area contributed by atoms with E-state index in [-0.39, 0.29) is 0 Å². The van der Waals surface area contributed by atoms with Gasteiger partial charge in [0.2, 0.25) is 10.0 Å². The summed E-state index contributed by atoms with van der Waals surface area (Å²) in [5.41, 5.74) is 0.634. The van der Waals surface area contributed by atoms with Crippen molar-refractivity contribution < 1.29 is 13.2 Å². The third kappa shape index (κ3) is 1.82. The first kappa shape index (κ1) is 11.5. The molecule has 0 N–H and O–H groups in total. The smallest absolute Gasteiger partial charge is 0.236 e. The molecular formula is C10H10BrNO3S. The van der Waals surface area contributed by atoms with E-state index in [0.717, 1.165) is 9.86 Å². The summed E-state index contributed by atoms with van der Waals surface area (Å²) in [5.74, 6) is 0.694. The highest BCUT2D eigenvalue weighted by molar-refractivity contribution is 9.10. The highest BCUT2D eigenvalue weighted by Gasteiger charge is 2.13. The van der Waals surface area contributed by atoms with Crippen LogP contribution in [-0.2, 0) is 10.0 Å². The predicted octanol–water partition coefficient (Wildman–Crippen LogP) is 2.22. The molecule has 86 valence electrons. The van der Waals surface area contributed by atoms with Gasteiger partial charge in [0.15, 0.2) is 0 Å². The summed E-state index contributed by atoms with van der Waals surface area (Å²) >= 11 is 3.33. The number of aromatic nitrogens is 1. The van der Waals surface area contributed by atoms with Gasteiger partial charge in [-0.3, -0.25) is 0 Å². The number of hydrogen-bond acceptors (Lipinski definition) is 3. The molecular weight excluding hydrogens is 294 g/mol. The second-order valence-electron chi connectivity index (χ2n) is 3.42. The fraction of sp³-hybridized carbons (Fsp3) is 0.200. The van der Waals surface area contributed by atoms with Crippen LogP contribution >= 0.6 is 15.9 Å². The number of halogens is 1. The third-order valence-corrected chi connectivity index (χ3v) is 3.93.